The fraction of sp³-hybridized carbons (Fsp3) is 0.381. The summed E-state index contributed by atoms with van der Waals surface area (Å²) in [6.45, 7) is 4.05. The average Bonchev–Trinajstić information content (AvgIpc) is 2.68. The van der Waals surface area contributed by atoms with Gasteiger partial charge in [-0.25, -0.2) is 0 Å². The predicted molar refractivity (Wildman–Crippen MR) is 102 cm³/mol. The molecule has 2 aromatic carbocycles. The maximum absolute atomic E-state index is 12.7. The van der Waals surface area contributed by atoms with Crippen molar-refractivity contribution in [3.8, 4) is 5.75 Å². The number of piperidine rings is 1. The number of hydrogen-bond donors (Lipinski definition) is 1. The Hall–Kier alpha value is -2.49. The third-order valence-corrected chi connectivity index (χ3v) is 4.54. The number of carbonyl (C=O) groups excluding carboxylic acids is 1. The summed E-state index contributed by atoms with van der Waals surface area (Å²) in [5.41, 5.74) is 1.97. The fourth-order valence-electron chi connectivity index (χ4n) is 3.19. The zero-order chi connectivity index (χ0) is 17.5. The Bertz CT molecular complexity index is 681. The Labute approximate surface area is 149 Å². The second kappa shape index (κ2) is 8.56. The van der Waals surface area contributed by atoms with E-state index in [-0.39, 0.29) is 5.91 Å². The van der Waals surface area contributed by atoms with Crippen LogP contribution in [-0.2, 0) is 4.79 Å². The molecule has 1 heterocycles. The molecule has 4 nitrogen and oxygen atoms in total. The van der Waals surface area contributed by atoms with Gasteiger partial charge in [-0.05, 0) is 49.9 Å². The summed E-state index contributed by atoms with van der Waals surface area (Å²) in [6, 6.07) is 17.5. The van der Waals surface area contributed by atoms with Gasteiger partial charge in [-0.15, -0.1) is 0 Å². The Kier molecular flexibility index (Phi) is 5.94. The number of anilines is 2. The van der Waals surface area contributed by atoms with Crippen LogP contribution >= 0.6 is 0 Å². The van der Waals surface area contributed by atoms with Gasteiger partial charge in [0.05, 0.1) is 11.4 Å². The van der Waals surface area contributed by atoms with E-state index in [4.69, 9.17) is 4.74 Å². The van der Waals surface area contributed by atoms with Gasteiger partial charge in [0.2, 0.25) is 0 Å². The number of nitrogens with zero attached hydrogens (tertiary/aromatic N) is 1. The second-order valence-corrected chi connectivity index (χ2v) is 6.38. The molecule has 1 saturated heterocycles. The molecule has 2 aromatic rings. The number of ether oxygens (including phenoxy) is 1. The Morgan fingerprint density at radius 3 is 2.44 bits per heavy atom. The molecule has 1 atom stereocenters. The van der Waals surface area contributed by atoms with Crippen molar-refractivity contribution in [1.29, 1.82) is 0 Å². The standard InChI is InChI=1S/C21H26N2O2/c1-2-20(25-17-11-5-3-6-12-17)21(24)22-18-13-7-8-14-19(18)23-15-9-4-10-16-23/h3,5-8,11-14,20H,2,4,9-10,15-16H2,1H3,(H,22,24)/t20-/m1/s1. The highest BCUT2D eigenvalue weighted by Crippen LogP contribution is 2.28. The molecule has 132 valence electrons. The summed E-state index contributed by atoms with van der Waals surface area (Å²) in [6.07, 6.45) is 3.81. The first-order valence-electron chi connectivity index (χ1n) is 9.14. The number of carbonyl (C=O) groups is 1. The zero-order valence-corrected chi connectivity index (χ0v) is 14.8. The minimum absolute atomic E-state index is 0.101. The molecule has 0 saturated carbocycles. The summed E-state index contributed by atoms with van der Waals surface area (Å²) in [5, 5.41) is 3.07. The molecular weight excluding hydrogens is 312 g/mol. The maximum atomic E-state index is 12.7. The molecule has 25 heavy (non-hydrogen) atoms. The van der Waals surface area contributed by atoms with Crippen molar-refractivity contribution in [2.75, 3.05) is 23.3 Å². The quantitative estimate of drug-likeness (QED) is 0.845. The van der Waals surface area contributed by atoms with Crippen molar-refractivity contribution >= 4 is 17.3 Å². The van der Waals surface area contributed by atoms with Gasteiger partial charge in [-0.3, -0.25) is 4.79 Å². The number of nitrogens with one attached hydrogen (secondary N) is 1. The fourth-order valence-corrected chi connectivity index (χ4v) is 3.19. The lowest BCUT2D eigenvalue weighted by Crippen LogP contribution is -2.34. The number of rotatable bonds is 6. The molecule has 0 unspecified atom stereocenters. The number of amides is 1. The topological polar surface area (TPSA) is 41.6 Å². The number of para-hydroxylation sites is 3. The third-order valence-electron chi connectivity index (χ3n) is 4.54. The minimum Gasteiger partial charge on any atom is -0.481 e. The summed E-state index contributed by atoms with van der Waals surface area (Å²) in [7, 11) is 0. The SMILES string of the molecule is CC[C@@H](Oc1ccccc1)C(=O)Nc1ccccc1N1CCCCC1. The molecule has 1 fully saturated rings. The van der Waals surface area contributed by atoms with Gasteiger partial charge >= 0.3 is 0 Å². The molecular formula is C21H26N2O2. The lowest BCUT2D eigenvalue weighted by molar-refractivity contribution is -0.122. The van der Waals surface area contributed by atoms with Crippen LogP contribution in [0.4, 0.5) is 11.4 Å². The highest BCUT2D eigenvalue weighted by atomic mass is 16.5. The van der Waals surface area contributed by atoms with Crippen LogP contribution in [0.2, 0.25) is 0 Å². The molecule has 0 spiro atoms. The largest absolute Gasteiger partial charge is 0.481 e. The van der Waals surface area contributed by atoms with Crippen LogP contribution in [0.5, 0.6) is 5.75 Å². The van der Waals surface area contributed by atoms with Crippen molar-refractivity contribution in [2.45, 2.75) is 38.7 Å². The lowest BCUT2D eigenvalue weighted by Gasteiger charge is -2.30. The Balaban J connectivity index is 1.71. The molecule has 0 aromatic heterocycles. The number of benzene rings is 2. The zero-order valence-electron chi connectivity index (χ0n) is 14.8. The summed E-state index contributed by atoms with van der Waals surface area (Å²) in [5.74, 6) is 0.615. The highest BCUT2D eigenvalue weighted by Gasteiger charge is 2.21. The van der Waals surface area contributed by atoms with Gasteiger partial charge in [0.1, 0.15) is 5.75 Å². The van der Waals surface area contributed by atoms with Crippen LogP contribution in [0.1, 0.15) is 32.6 Å². The van der Waals surface area contributed by atoms with E-state index in [2.05, 4.69) is 16.3 Å². The molecule has 3 rings (SSSR count). The minimum atomic E-state index is -0.503. The van der Waals surface area contributed by atoms with Crippen LogP contribution in [0.3, 0.4) is 0 Å². The first kappa shape index (κ1) is 17.3. The van der Waals surface area contributed by atoms with Gasteiger partial charge < -0.3 is 15.0 Å². The molecule has 1 aliphatic heterocycles. The van der Waals surface area contributed by atoms with E-state index >= 15 is 0 Å². The van der Waals surface area contributed by atoms with Gasteiger partial charge in [0, 0.05) is 13.1 Å². The molecule has 1 aliphatic rings. The molecule has 0 aliphatic carbocycles. The van der Waals surface area contributed by atoms with E-state index in [0.717, 1.165) is 24.5 Å². The third kappa shape index (κ3) is 4.53. The first-order chi connectivity index (χ1) is 12.3. The maximum Gasteiger partial charge on any atom is 0.265 e. The monoisotopic (exact) mass is 338 g/mol. The van der Waals surface area contributed by atoms with E-state index in [1.54, 1.807) is 0 Å². The molecule has 0 bridgehead atoms. The predicted octanol–water partition coefficient (Wildman–Crippen LogP) is 4.47. The Morgan fingerprint density at radius 2 is 1.72 bits per heavy atom. The van der Waals surface area contributed by atoms with E-state index < -0.39 is 6.10 Å². The highest BCUT2D eigenvalue weighted by molar-refractivity contribution is 5.97. The van der Waals surface area contributed by atoms with E-state index in [9.17, 15) is 4.79 Å². The van der Waals surface area contributed by atoms with Gasteiger partial charge in [0.15, 0.2) is 6.10 Å². The van der Waals surface area contributed by atoms with E-state index in [1.165, 1.54) is 19.3 Å². The van der Waals surface area contributed by atoms with Crippen LogP contribution in [0, 0.1) is 0 Å². The van der Waals surface area contributed by atoms with Crippen LogP contribution in [0.25, 0.3) is 0 Å². The van der Waals surface area contributed by atoms with E-state index in [0.29, 0.717) is 12.2 Å². The normalized spacial score (nSPS) is 15.5. The van der Waals surface area contributed by atoms with E-state index in [1.807, 2.05) is 55.5 Å². The van der Waals surface area contributed by atoms with Gasteiger partial charge in [0.25, 0.3) is 5.91 Å². The van der Waals surface area contributed by atoms with Crippen molar-refractivity contribution < 1.29 is 9.53 Å². The van der Waals surface area contributed by atoms with Crippen LogP contribution < -0.4 is 15.0 Å². The smallest absolute Gasteiger partial charge is 0.265 e. The number of hydrogen-bond acceptors (Lipinski definition) is 3. The molecule has 1 amide bonds. The summed E-state index contributed by atoms with van der Waals surface area (Å²) < 4.78 is 5.86. The van der Waals surface area contributed by atoms with Gasteiger partial charge in [-0.1, -0.05) is 37.3 Å². The molecule has 1 N–H and O–H groups in total. The van der Waals surface area contributed by atoms with Crippen LogP contribution in [0.15, 0.2) is 54.6 Å². The lowest BCUT2D eigenvalue weighted by atomic mass is 10.1. The Morgan fingerprint density at radius 1 is 1.04 bits per heavy atom. The van der Waals surface area contributed by atoms with Crippen molar-refractivity contribution in [2.24, 2.45) is 0 Å². The van der Waals surface area contributed by atoms with Crippen molar-refractivity contribution in [1.82, 2.24) is 0 Å². The molecule has 0 radical (unpaired) electrons. The van der Waals surface area contributed by atoms with Gasteiger partial charge in [-0.2, -0.15) is 0 Å². The van der Waals surface area contributed by atoms with Crippen molar-refractivity contribution in [3.05, 3.63) is 54.6 Å². The molecule has 4 heteroatoms. The second-order valence-electron chi connectivity index (χ2n) is 6.38. The first-order valence-corrected chi connectivity index (χ1v) is 9.14. The summed E-state index contributed by atoms with van der Waals surface area (Å²) in [4.78, 5) is 15.1. The summed E-state index contributed by atoms with van der Waals surface area (Å²) >= 11 is 0. The van der Waals surface area contributed by atoms with Crippen molar-refractivity contribution in [3.63, 3.8) is 0 Å². The van der Waals surface area contributed by atoms with Crippen LogP contribution in [-0.4, -0.2) is 25.1 Å². The average molecular weight is 338 g/mol.